The number of nitrogens with zero attached hydrogens (tertiary/aromatic N) is 3. The molecule has 0 aliphatic rings. The van der Waals surface area contributed by atoms with Crippen LogP contribution in [0.1, 0.15) is 72.6 Å². The van der Waals surface area contributed by atoms with Crippen molar-refractivity contribution in [3.8, 4) is 16.9 Å². The number of rotatable bonds is 10. The van der Waals surface area contributed by atoms with E-state index >= 15 is 0 Å². The van der Waals surface area contributed by atoms with Gasteiger partial charge in [-0.1, -0.05) is 64.4 Å². The lowest BCUT2D eigenvalue weighted by atomic mass is 10.0. The Labute approximate surface area is 255 Å². The molecule has 7 nitrogen and oxygen atoms in total. The van der Waals surface area contributed by atoms with Crippen molar-refractivity contribution in [3.63, 3.8) is 0 Å². The zero-order chi connectivity index (χ0) is 30.9. The largest absolute Gasteiger partial charge is 0.598 e. The zero-order valence-electron chi connectivity index (χ0n) is 26.5. The van der Waals surface area contributed by atoms with Gasteiger partial charge >= 0.3 is 0 Å². The lowest BCUT2D eigenvalue weighted by Crippen LogP contribution is -2.51. The molecule has 2 unspecified atom stereocenters. The Morgan fingerprint density at radius 3 is 2.38 bits per heavy atom. The number of fused-ring (bicyclic) bond motifs is 1. The van der Waals surface area contributed by atoms with E-state index in [1.165, 1.54) is 0 Å². The Hall–Kier alpha value is -2.53. The molecule has 9 heteroatoms. The number of pyridine rings is 1. The van der Waals surface area contributed by atoms with Gasteiger partial charge in [0.2, 0.25) is 0 Å². The molecule has 0 spiro atoms. The fraction of sp³-hybridized carbons (Fsp3) is 0.455. The molecule has 2 N–H and O–H groups in total. The second-order valence-electron chi connectivity index (χ2n) is 13.6. The summed E-state index contributed by atoms with van der Waals surface area (Å²) in [5.74, 6) is 0. The summed E-state index contributed by atoms with van der Waals surface area (Å²) in [5, 5.41) is 17.5. The minimum atomic E-state index is -1.87. The molecule has 0 radical (unpaired) electrons. The van der Waals surface area contributed by atoms with Crippen molar-refractivity contribution < 1.29 is 14.1 Å². The third-order valence-corrected chi connectivity index (χ3v) is 14.1. The molecule has 0 aliphatic heterocycles. The van der Waals surface area contributed by atoms with Crippen LogP contribution in [0.4, 0.5) is 0 Å². The molecule has 0 aliphatic carbocycles. The van der Waals surface area contributed by atoms with Gasteiger partial charge in [0.25, 0.3) is 0 Å². The third-order valence-electron chi connectivity index (χ3n) is 8.03. The number of hydrogen-bond acceptors (Lipinski definition) is 6. The van der Waals surface area contributed by atoms with Gasteiger partial charge in [-0.25, -0.2) is 9.67 Å². The van der Waals surface area contributed by atoms with Gasteiger partial charge in [-0.15, -0.1) is 4.72 Å². The van der Waals surface area contributed by atoms with E-state index in [-0.39, 0.29) is 5.04 Å². The van der Waals surface area contributed by atoms with E-state index in [1.807, 2.05) is 68.9 Å². The molecule has 226 valence electrons. The molecule has 2 atom stereocenters. The quantitative estimate of drug-likeness (QED) is 0.110. The van der Waals surface area contributed by atoms with Gasteiger partial charge in [0.05, 0.1) is 35.4 Å². The summed E-state index contributed by atoms with van der Waals surface area (Å²) in [6.45, 7) is 19.5. The number of benzene rings is 2. The normalized spacial score (nSPS) is 15.1. The van der Waals surface area contributed by atoms with Crippen molar-refractivity contribution in [3.05, 3.63) is 78.1 Å². The second-order valence-corrected chi connectivity index (χ2v) is 20.3. The van der Waals surface area contributed by atoms with E-state index in [4.69, 9.17) is 14.5 Å². The summed E-state index contributed by atoms with van der Waals surface area (Å²) < 4.78 is 23.8. The number of aromatic nitrogens is 3. The lowest BCUT2D eigenvalue weighted by molar-refractivity contribution is 0.0101. The first kappa shape index (κ1) is 32.4. The van der Waals surface area contributed by atoms with E-state index in [9.17, 15) is 9.66 Å². The van der Waals surface area contributed by atoms with Crippen molar-refractivity contribution in [1.29, 1.82) is 0 Å². The van der Waals surface area contributed by atoms with Gasteiger partial charge in [-0.2, -0.15) is 5.10 Å². The Kier molecular flexibility index (Phi) is 9.42. The smallest absolute Gasteiger partial charge is 0.200 e. The molecule has 4 aromatic rings. The predicted molar refractivity (Wildman–Crippen MR) is 176 cm³/mol. The Morgan fingerprint density at radius 1 is 1.00 bits per heavy atom. The monoisotopic (exact) mass is 606 g/mol. The van der Waals surface area contributed by atoms with Crippen LogP contribution in [0.5, 0.6) is 0 Å². The molecule has 0 saturated heterocycles. The summed E-state index contributed by atoms with van der Waals surface area (Å²) in [5.41, 5.74) is 3.59. The van der Waals surface area contributed by atoms with Crippen LogP contribution in [-0.4, -0.2) is 37.5 Å². The van der Waals surface area contributed by atoms with Crippen molar-refractivity contribution in [2.24, 2.45) is 0 Å². The molecule has 4 rings (SSSR count). The number of aliphatic hydroxyl groups is 1. The molecule has 0 saturated carbocycles. The molecule has 2 heterocycles. The predicted octanol–water partition coefficient (Wildman–Crippen LogP) is 7.61. The van der Waals surface area contributed by atoms with Crippen molar-refractivity contribution in [2.75, 3.05) is 0 Å². The summed E-state index contributed by atoms with van der Waals surface area (Å²) in [6, 6.07) is 20.1. The van der Waals surface area contributed by atoms with Crippen LogP contribution in [0.25, 0.3) is 27.8 Å². The number of hydrogen-bond donors (Lipinski definition) is 2. The first-order valence-electron chi connectivity index (χ1n) is 14.7. The summed E-state index contributed by atoms with van der Waals surface area (Å²) in [7, 11) is -1.87. The molecule has 2 aromatic carbocycles. The average molecular weight is 607 g/mol. The molecular weight excluding hydrogens is 561 g/mol. The highest BCUT2D eigenvalue weighted by molar-refractivity contribution is 7.90. The fourth-order valence-electron chi connectivity index (χ4n) is 4.37. The first-order chi connectivity index (χ1) is 19.5. The maximum Gasteiger partial charge on any atom is 0.200 e. The SMILES string of the molecule is CCCC(O)(N[S+]([O-])C(C)(C)C)c1cccc(-c2ccc3cnn(-c4cccc(CO[Si](C)(C)C(C)(C)C)c4)c3c2)n1. The van der Waals surface area contributed by atoms with Gasteiger partial charge in [0, 0.05) is 22.3 Å². The van der Waals surface area contributed by atoms with Crippen LogP contribution < -0.4 is 4.72 Å². The topological polar surface area (TPSA) is 95.3 Å². The Balaban J connectivity index is 1.66. The van der Waals surface area contributed by atoms with E-state index in [2.05, 4.69) is 62.9 Å². The van der Waals surface area contributed by atoms with Crippen LogP contribution in [0.15, 0.2) is 66.9 Å². The van der Waals surface area contributed by atoms with Crippen LogP contribution in [0.3, 0.4) is 0 Å². The van der Waals surface area contributed by atoms with Gasteiger partial charge in [-0.3, -0.25) is 0 Å². The summed E-state index contributed by atoms with van der Waals surface area (Å²) >= 11 is -1.47. The summed E-state index contributed by atoms with van der Waals surface area (Å²) in [4.78, 5) is 4.85. The lowest BCUT2D eigenvalue weighted by Gasteiger charge is -2.36. The zero-order valence-corrected chi connectivity index (χ0v) is 28.3. The van der Waals surface area contributed by atoms with E-state index in [0.29, 0.717) is 25.1 Å². The van der Waals surface area contributed by atoms with Crippen LogP contribution in [-0.2, 0) is 28.1 Å². The Morgan fingerprint density at radius 2 is 1.71 bits per heavy atom. The molecule has 0 fully saturated rings. The van der Waals surface area contributed by atoms with Crippen LogP contribution in [0, 0.1) is 0 Å². The minimum Gasteiger partial charge on any atom is -0.598 e. The molecule has 2 aromatic heterocycles. The first-order valence-corrected chi connectivity index (χ1v) is 18.7. The van der Waals surface area contributed by atoms with Gasteiger partial charge < -0.3 is 14.1 Å². The number of nitrogens with one attached hydrogen (secondary N) is 1. The second kappa shape index (κ2) is 12.2. The standard InChI is InChI=1S/C33H46N4O3SSi/c1-10-19-33(38,36-41(39)31(2,3)4)30-16-12-15-28(35-30)25-17-18-26-22-34-37(29(26)21-25)27-14-11-13-24(20-27)23-40-42(8,9)32(5,6)7/h11-18,20-22,36,38H,10,19,23H2,1-9H3. The molecule has 0 bridgehead atoms. The average Bonchev–Trinajstić information content (AvgIpc) is 3.34. The van der Waals surface area contributed by atoms with E-state index in [1.54, 1.807) is 6.07 Å². The highest BCUT2D eigenvalue weighted by atomic mass is 32.2. The maximum absolute atomic E-state index is 12.9. The van der Waals surface area contributed by atoms with Gasteiger partial charge in [-0.05, 0) is 81.2 Å². The summed E-state index contributed by atoms with van der Waals surface area (Å²) in [6.07, 6.45) is 2.95. The van der Waals surface area contributed by atoms with Crippen molar-refractivity contribution in [1.82, 2.24) is 19.5 Å². The molecule has 42 heavy (non-hydrogen) atoms. The fourth-order valence-corrected chi connectivity index (χ4v) is 6.15. The van der Waals surface area contributed by atoms with E-state index in [0.717, 1.165) is 33.4 Å². The molecular formula is C33H46N4O3SSi. The van der Waals surface area contributed by atoms with E-state index < -0.39 is 30.2 Å². The Bertz CT molecular complexity index is 1530. The van der Waals surface area contributed by atoms with Crippen LogP contribution in [0.2, 0.25) is 18.1 Å². The third kappa shape index (κ3) is 7.15. The van der Waals surface area contributed by atoms with Gasteiger partial charge in [0.1, 0.15) is 4.75 Å². The van der Waals surface area contributed by atoms with Crippen molar-refractivity contribution in [2.45, 2.75) is 96.5 Å². The highest BCUT2D eigenvalue weighted by Crippen LogP contribution is 2.37. The highest BCUT2D eigenvalue weighted by Gasteiger charge is 2.40. The minimum absolute atomic E-state index is 0.149. The van der Waals surface area contributed by atoms with Crippen molar-refractivity contribution >= 4 is 30.6 Å². The van der Waals surface area contributed by atoms with Gasteiger partial charge in [0.15, 0.2) is 14.0 Å². The van der Waals surface area contributed by atoms with Crippen LogP contribution >= 0.6 is 0 Å². The maximum atomic E-state index is 12.9. The molecule has 0 amide bonds.